The summed E-state index contributed by atoms with van der Waals surface area (Å²) in [6.45, 7) is 1.25. The van der Waals surface area contributed by atoms with Crippen molar-refractivity contribution in [3.63, 3.8) is 0 Å². The minimum Gasteiger partial charge on any atom is -0.390 e. The van der Waals surface area contributed by atoms with Crippen LogP contribution >= 0.6 is 0 Å². The lowest BCUT2D eigenvalue weighted by molar-refractivity contribution is -0.133. The molecule has 0 aliphatic carbocycles. The minimum absolute atomic E-state index is 0.0894. The summed E-state index contributed by atoms with van der Waals surface area (Å²) in [5, 5.41) is 12.8. The van der Waals surface area contributed by atoms with Gasteiger partial charge in [-0.05, 0) is 12.0 Å². The number of aryl methyl sites for hydroxylation is 1. The van der Waals surface area contributed by atoms with Crippen LogP contribution in [0.15, 0.2) is 30.3 Å². The molecule has 0 aromatic heterocycles. The highest BCUT2D eigenvalue weighted by Crippen LogP contribution is 2.10. The molecule has 1 fully saturated rings. The van der Waals surface area contributed by atoms with Gasteiger partial charge in [-0.15, -0.1) is 0 Å². The Hall–Kier alpha value is -1.39. The molecule has 1 aromatic rings. The molecule has 18 heavy (non-hydrogen) atoms. The summed E-state index contributed by atoms with van der Waals surface area (Å²) in [5.41, 5.74) is 1.17. The molecular formula is C14H20N2O2. The van der Waals surface area contributed by atoms with Crippen molar-refractivity contribution in [2.75, 3.05) is 20.1 Å². The third-order valence-corrected chi connectivity index (χ3v) is 3.51. The molecule has 1 amide bonds. The van der Waals surface area contributed by atoms with Gasteiger partial charge in [-0.3, -0.25) is 4.79 Å². The second-order valence-electron chi connectivity index (χ2n) is 4.78. The predicted molar refractivity (Wildman–Crippen MR) is 70.2 cm³/mol. The highest BCUT2D eigenvalue weighted by molar-refractivity contribution is 5.76. The second kappa shape index (κ2) is 5.98. The third kappa shape index (κ3) is 3.09. The van der Waals surface area contributed by atoms with Crippen molar-refractivity contribution in [2.45, 2.75) is 25.0 Å². The Bertz CT molecular complexity index is 394. The molecule has 1 aliphatic rings. The summed E-state index contributed by atoms with van der Waals surface area (Å²) in [4.78, 5) is 13.7. The summed E-state index contributed by atoms with van der Waals surface area (Å²) in [6.07, 6.45) is 0.792. The Balaban J connectivity index is 1.84. The van der Waals surface area contributed by atoms with Crippen molar-refractivity contribution in [1.82, 2.24) is 10.2 Å². The molecule has 0 bridgehead atoms. The Labute approximate surface area is 108 Å². The molecule has 4 nitrogen and oxygen atoms in total. The van der Waals surface area contributed by atoms with E-state index in [1.807, 2.05) is 30.3 Å². The van der Waals surface area contributed by atoms with Crippen LogP contribution in [0, 0.1) is 0 Å². The van der Waals surface area contributed by atoms with Gasteiger partial charge in [0.05, 0.1) is 12.1 Å². The van der Waals surface area contributed by atoms with Gasteiger partial charge in [0, 0.05) is 26.6 Å². The van der Waals surface area contributed by atoms with Gasteiger partial charge in [0.1, 0.15) is 0 Å². The fraction of sp³-hybridized carbons (Fsp3) is 0.500. The van der Waals surface area contributed by atoms with Gasteiger partial charge in [-0.25, -0.2) is 0 Å². The van der Waals surface area contributed by atoms with E-state index in [1.54, 1.807) is 11.9 Å². The predicted octanol–water partition coefficient (Wildman–Crippen LogP) is 0.410. The number of benzene rings is 1. The van der Waals surface area contributed by atoms with E-state index in [0.717, 1.165) is 6.42 Å². The molecule has 0 spiro atoms. The van der Waals surface area contributed by atoms with Crippen LogP contribution in [0.2, 0.25) is 0 Å². The van der Waals surface area contributed by atoms with Gasteiger partial charge in [-0.2, -0.15) is 0 Å². The fourth-order valence-electron chi connectivity index (χ4n) is 2.30. The molecule has 1 aromatic carbocycles. The molecule has 0 saturated carbocycles. The molecule has 1 aliphatic heterocycles. The number of nitrogens with zero attached hydrogens (tertiary/aromatic N) is 1. The van der Waals surface area contributed by atoms with Crippen molar-refractivity contribution in [3.05, 3.63) is 35.9 Å². The number of carbonyl (C=O) groups is 1. The molecule has 2 rings (SSSR count). The first-order chi connectivity index (χ1) is 8.68. The van der Waals surface area contributed by atoms with Crippen LogP contribution in [-0.2, 0) is 11.2 Å². The molecule has 0 radical (unpaired) electrons. The first-order valence-electron chi connectivity index (χ1n) is 6.37. The number of hydrogen-bond donors (Lipinski definition) is 2. The third-order valence-electron chi connectivity index (χ3n) is 3.51. The van der Waals surface area contributed by atoms with Gasteiger partial charge >= 0.3 is 0 Å². The number of aliphatic hydroxyl groups is 1. The Kier molecular flexibility index (Phi) is 4.33. The standard InChI is InChI=1S/C14H20N2O2/c1-16(12-9-15-10-13(12)17)14(18)8-7-11-5-3-2-4-6-11/h2-6,12-13,15,17H,7-10H2,1H3/t12-,13-/m1/s1. The average molecular weight is 248 g/mol. The monoisotopic (exact) mass is 248 g/mol. The normalized spacial score (nSPS) is 23.0. The zero-order chi connectivity index (χ0) is 13.0. The van der Waals surface area contributed by atoms with E-state index in [1.165, 1.54) is 5.56 Å². The van der Waals surface area contributed by atoms with Crippen LogP contribution in [0.5, 0.6) is 0 Å². The Morgan fingerprint density at radius 2 is 2.11 bits per heavy atom. The largest absolute Gasteiger partial charge is 0.390 e. The Morgan fingerprint density at radius 1 is 1.39 bits per heavy atom. The van der Waals surface area contributed by atoms with Crippen LogP contribution in [0.4, 0.5) is 0 Å². The summed E-state index contributed by atoms with van der Waals surface area (Å²) in [7, 11) is 1.77. The van der Waals surface area contributed by atoms with E-state index in [2.05, 4.69) is 5.32 Å². The molecule has 4 heteroatoms. The minimum atomic E-state index is -0.448. The van der Waals surface area contributed by atoms with Crippen molar-refractivity contribution in [1.29, 1.82) is 0 Å². The number of likely N-dealkylation sites (N-methyl/N-ethyl adjacent to an activating group) is 1. The number of hydrogen-bond acceptors (Lipinski definition) is 3. The fourth-order valence-corrected chi connectivity index (χ4v) is 2.30. The lowest BCUT2D eigenvalue weighted by Crippen LogP contribution is -2.44. The highest BCUT2D eigenvalue weighted by atomic mass is 16.3. The zero-order valence-electron chi connectivity index (χ0n) is 10.7. The van der Waals surface area contributed by atoms with Gasteiger partial charge in [0.15, 0.2) is 0 Å². The maximum absolute atomic E-state index is 12.0. The van der Waals surface area contributed by atoms with E-state index in [0.29, 0.717) is 19.5 Å². The van der Waals surface area contributed by atoms with Crippen LogP contribution in [0.3, 0.4) is 0 Å². The van der Waals surface area contributed by atoms with Crippen LogP contribution in [-0.4, -0.2) is 48.2 Å². The van der Waals surface area contributed by atoms with E-state index >= 15 is 0 Å². The molecule has 0 unspecified atom stereocenters. The van der Waals surface area contributed by atoms with Crippen LogP contribution in [0.1, 0.15) is 12.0 Å². The van der Waals surface area contributed by atoms with E-state index in [-0.39, 0.29) is 11.9 Å². The van der Waals surface area contributed by atoms with Gasteiger partial charge < -0.3 is 15.3 Å². The summed E-state index contributed by atoms with van der Waals surface area (Å²) < 4.78 is 0. The molecule has 98 valence electrons. The number of amides is 1. The lowest BCUT2D eigenvalue weighted by atomic mass is 10.1. The van der Waals surface area contributed by atoms with E-state index < -0.39 is 6.10 Å². The Morgan fingerprint density at radius 3 is 2.72 bits per heavy atom. The van der Waals surface area contributed by atoms with Crippen molar-refractivity contribution in [3.8, 4) is 0 Å². The SMILES string of the molecule is CN(C(=O)CCc1ccccc1)[C@@H]1CNC[C@H]1O. The first-order valence-corrected chi connectivity index (χ1v) is 6.37. The maximum Gasteiger partial charge on any atom is 0.223 e. The average Bonchev–Trinajstić information content (AvgIpc) is 2.82. The molecular weight excluding hydrogens is 228 g/mol. The highest BCUT2D eigenvalue weighted by Gasteiger charge is 2.30. The number of nitrogens with one attached hydrogen (secondary N) is 1. The molecule has 2 N–H and O–H groups in total. The summed E-state index contributed by atoms with van der Waals surface area (Å²) >= 11 is 0. The lowest BCUT2D eigenvalue weighted by Gasteiger charge is -2.26. The number of aliphatic hydroxyl groups excluding tert-OH is 1. The van der Waals surface area contributed by atoms with Crippen molar-refractivity contribution in [2.24, 2.45) is 0 Å². The number of β-amino-alcohol motifs (C(OH)–C–C–N with tert-alkyl or cyclic N) is 1. The molecule has 1 saturated heterocycles. The van der Waals surface area contributed by atoms with Crippen LogP contribution < -0.4 is 5.32 Å². The first kappa shape index (κ1) is 13.1. The van der Waals surface area contributed by atoms with Crippen LogP contribution in [0.25, 0.3) is 0 Å². The van der Waals surface area contributed by atoms with Gasteiger partial charge in [0.2, 0.25) is 5.91 Å². The number of rotatable bonds is 4. The van der Waals surface area contributed by atoms with E-state index in [9.17, 15) is 9.90 Å². The smallest absolute Gasteiger partial charge is 0.223 e. The molecule has 1 heterocycles. The van der Waals surface area contributed by atoms with Crippen molar-refractivity contribution < 1.29 is 9.90 Å². The maximum atomic E-state index is 12.0. The van der Waals surface area contributed by atoms with Gasteiger partial charge in [0.25, 0.3) is 0 Å². The summed E-state index contributed by atoms with van der Waals surface area (Å²) in [5.74, 6) is 0.0894. The van der Waals surface area contributed by atoms with Crippen molar-refractivity contribution >= 4 is 5.91 Å². The van der Waals surface area contributed by atoms with E-state index in [4.69, 9.17) is 0 Å². The quantitative estimate of drug-likeness (QED) is 0.811. The zero-order valence-corrected chi connectivity index (χ0v) is 10.7. The number of carbonyl (C=O) groups excluding carboxylic acids is 1. The summed E-state index contributed by atoms with van der Waals surface area (Å²) in [6, 6.07) is 9.90. The second-order valence-corrected chi connectivity index (χ2v) is 4.78. The van der Waals surface area contributed by atoms with Gasteiger partial charge in [-0.1, -0.05) is 30.3 Å². The molecule has 2 atom stereocenters. The topological polar surface area (TPSA) is 52.6 Å².